The number of aromatic nitrogens is 1. The second kappa shape index (κ2) is 5.21. The minimum Gasteiger partial charge on any atom is -0.397 e. The predicted octanol–water partition coefficient (Wildman–Crippen LogP) is 3.74. The number of nitrogens with one attached hydrogen (secondary N) is 1. The molecule has 3 N–H and O–H groups in total. The summed E-state index contributed by atoms with van der Waals surface area (Å²) in [6.45, 7) is 2.89. The molecule has 0 radical (unpaired) electrons. The molecule has 0 fully saturated rings. The van der Waals surface area contributed by atoms with E-state index in [4.69, 9.17) is 5.73 Å². The van der Waals surface area contributed by atoms with Gasteiger partial charge in [0.2, 0.25) is 0 Å². The Kier molecular flexibility index (Phi) is 3.25. The summed E-state index contributed by atoms with van der Waals surface area (Å²) in [6.07, 6.45) is 3.60. The lowest BCUT2D eigenvalue weighted by Crippen LogP contribution is -2.04. The lowest BCUT2D eigenvalue weighted by Gasteiger charge is -2.12. The van der Waals surface area contributed by atoms with Crippen molar-refractivity contribution < 1.29 is 0 Å². The summed E-state index contributed by atoms with van der Waals surface area (Å²) in [5, 5.41) is 5.52. The summed E-state index contributed by atoms with van der Waals surface area (Å²) < 4.78 is 0. The number of benzene rings is 2. The van der Waals surface area contributed by atoms with Crippen LogP contribution in [0.1, 0.15) is 11.1 Å². The van der Waals surface area contributed by atoms with E-state index in [0.717, 1.165) is 28.7 Å². The van der Waals surface area contributed by atoms with E-state index in [0.29, 0.717) is 0 Å². The average Bonchev–Trinajstić information content (AvgIpc) is 2.48. The number of hydrogen-bond acceptors (Lipinski definition) is 3. The molecule has 1 heterocycles. The Morgan fingerprint density at radius 1 is 1.10 bits per heavy atom. The Morgan fingerprint density at radius 2 is 1.95 bits per heavy atom. The summed E-state index contributed by atoms with van der Waals surface area (Å²) in [7, 11) is 0. The van der Waals surface area contributed by atoms with Crippen LogP contribution in [0.15, 0.2) is 54.9 Å². The Labute approximate surface area is 118 Å². The SMILES string of the molecule is Cc1ccccc1CNc1ccc2cnccc2c1N. The molecule has 20 heavy (non-hydrogen) atoms. The van der Waals surface area contributed by atoms with Gasteiger partial charge in [0, 0.05) is 29.7 Å². The maximum absolute atomic E-state index is 6.23. The molecule has 0 saturated carbocycles. The van der Waals surface area contributed by atoms with E-state index in [2.05, 4.69) is 41.5 Å². The van der Waals surface area contributed by atoms with E-state index in [1.807, 2.05) is 24.4 Å². The van der Waals surface area contributed by atoms with Gasteiger partial charge < -0.3 is 11.1 Å². The highest BCUT2D eigenvalue weighted by molar-refractivity contribution is 5.98. The molecule has 3 nitrogen and oxygen atoms in total. The van der Waals surface area contributed by atoms with Crippen LogP contribution < -0.4 is 11.1 Å². The number of nitrogens with two attached hydrogens (primary N) is 1. The smallest absolute Gasteiger partial charge is 0.0630 e. The average molecular weight is 263 g/mol. The number of hydrogen-bond donors (Lipinski definition) is 2. The van der Waals surface area contributed by atoms with Crippen LogP contribution >= 0.6 is 0 Å². The lowest BCUT2D eigenvalue weighted by atomic mass is 10.1. The maximum atomic E-state index is 6.23. The standard InChI is InChI=1S/C17H17N3/c1-12-4-2-3-5-13(12)11-20-16-7-6-14-10-19-9-8-15(14)17(16)18/h2-10,20H,11,18H2,1H3. The minimum absolute atomic E-state index is 0.771. The van der Waals surface area contributed by atoms with Crippen molar-refractivity contribution in [1.29, 1.82) is 0 Å². The molecular weight excluding hydrogens is 246 g/mol. The van der Waals surface area contributed by atoms with E-state index in [-0.39, 0.29) is 0 Å². The fourth-order valence-corrected chi connectivity index (χ4v) is 2.35. The van der Waals surface area contributed by atoms with Crippen LogP contribution in [0.25, 0.3) is 10.8 Å². The van der Waals surface area contributed by atoms with E-state index in [1.54, 1.807) is 6.20 Å². The van der Waals surface area contributed by atoms with Crippen molar-refractivity contribution in [3.8, 4) is 0 Å². The van der Waals surface area contributed by atoms with Gasteiger partial charge in [-0.15, -0.1) is 0 Å². The summed E-state index contributed by atoms with van der Waals surface area (Å²) >= 11 is 0. The first-order valence-electron chi connectivity index (χ1n) is 6.66. The highest BCUT2D eigenvalue weighted by Crippen LogP contribution is 2.28. The molecule has 0 saturated heterocycles. The quantitative estimate of drug-likeness (QED) is 0.708. The van der Waals surface area contributed by atoms with Crippen molar-refractivity contribution in [2.45, 2.75) is 13.5 Å². The van der Waals surface area contributed by atoms with Gasteiger partial charge in [0.25, 0.3) is 0 Å². The fraction of sp³-hybridized carbons (Fsp3) is 0.118. The largest absolute Gasteiger partial charge is 0.397 e. The molecule has 100 valence electrons. The number of nitrogens with zero attached hydrogens (tertiary/aromatic N) is 1. The van der Waals surface area contributed by atoms with Crippen LogP contribution in [0.4, 0.5) is 11.4 Å². The van der Waals surface area contributed by atoms with Gasteiger partial charge in [-0.05, 0) is 30.2 Å². The first kappa shape index (κ1) is 12.5. The Balaban J connectivity index is 1.88. The van der Waals surface area contributed by atoms with E-state index < -0.39 is 0 Å². The normalized spacial score (nSPS) is 10.7. The predicted molar refractivity (Wildman–Crippen MR) is 84.7 cm³/mol. The molecule has 2 aromatic carbocycles. The molecule has 3 heteroatoms. The third kappa shape index (κ3) is 2.30. The first-order valence-corrected chi connectivity index (χ1v) is 6.66. The Morgan fingerprint density at radius 3 is 2.80 bits per heavy atom. The fourth-order valence-electron chi connectivity index (χ4n) is 2.35. The second-order valence-electron chi connectivity index (χ2n) is 4.90. The molecule has 3 rings (SSSR count). The topological polar surface area (TPSA) is 50.9 Å². The van der Waals surface area contributed by atoms with Crippen molar-refractivity contribution >= 4 is 22.1 Å². The van der Waals surface area contributed by atoms with Gasteiger partial charge in [0.1, 0.15) is 0 Å². The molecule has 0 spiro atoms. The molecular formula is C17H17N3. The summed E-state index contributed by atoms with van der Waals surface area (Å²) in [6, 6.07) is 14.4. The molecule has 0 aliphatic heterocycles. The van der Waals surface area contributed by atoms with E-state index in [9.17, 15) is 0 Å². The summed E-state index contributed by atoms with van der Waals surface area (Å²) in [5.41, 5.74) is 10.5. The van der Waals surface area contributed by atoms with Crippen LogP contribution in [-0.4, -0.2) is 4.98 Å². The Bertz CT molecular complexity index is 750. The molecule has 0 atom stereocenters. The summed E-state index contributed by atoms with van der Waals surface area (Å²) in [5.74, 6) is 0. The van der Waals surface area contributed by atoms with Gasteiger partial charge in [-0.2, -0.15) is 0 Å². The van der Waals surface area contributed by atoms with Crippen LogP contribution in [0.2, 0.25) is 0 Å². The number of aryl methyl sites for hydroxylation is 1. The van der Waals surface area contributed by atoms with Crippen molar-refractivity contribution in [2.24, 2.45) is 0 Å². The van der Waals surface area contributed by atoms with E-state index in [1.165, 1.54) is 11.1 Å². The maximum Gasteiger partial charge on any atom is 0.0630 e. The zero-order valence-corrected chi connectivity index (χ0v) is 11.4. The van der Waals surface area contributed by atoms with Crippen molar-refractivity contribution in [2.75, 3.05) is 11.1 Å². The highest BCUT2D eigenvalue weighted by atomic mass is 14.9. The number of rotatable bonds is 3. The van der Waals surface area contributed by atoms with Gasteiger partial charge >= 0.3 is 0 Å². The Hall–Kier alpha value is -2.55. The number of nitrogen functional groups attached to an aromatic ring is 1. The van der Waals surface area contributed by atoms with Crippen molar-refractivity contribution in [3.63, 3.8) is 0 Å². The summed E-state index contributed by atoms with van der Waals surface area (Å²) in [4.78, 5) is 4.11. The first-order chi connectivity index (χ1) is 9.75. The van der Waals surface area contributed by atoms with Crippen molar-refractivity contribution in [3.05, 3.63) is 66.0 Å². The van der Waals surface area contributed by atoms with Gasteiger partial charge in [-0.1, -0.05) is 30.3 Å². The number of anilines is 2. The van der Waals surface area contributed by atoms with Crippen LogP contribution in [0, 0.1) is 6.92 Å². The van der Waals surface area contributed by atoms with Gasteiger partial charge in [0.05, 0.1) is 11.4 Å². The molecule has 0 unspecified atom stereocenters. The van der Waals surface area contributed by atoms with Crippen LogP contribution in [0.5, 0.6) is 0 Å². The van der Waals surface area contributed by atoms with Gasteiger partial charge in [-0.3, -0.25) is 4.98 Å². The van der Waals surface area contributed by atoms with E-state index >= 15 is 0 Å². The number of fused-ring (bicyclic) bond motifs is 1. The highest BCUT2D eigenvalue weighted by Gasteiger charge is 2.04. The van der Waals surface area contributed by atoms with Crippen LogP contribution in [0.3, 0.4) is 0 Å². The third-order valence-corrected chi connectivity index (χ3v) is 3.59. The molecule has 0 aliphatic rings. The van der Waals surface area contributed by atoms with Crippen LogP contribution in [-0.2, 0) is 6.54 Å². The molecule has 3 aromatic rings. The van der Waals surface area contributed by atoms with Gasteiger partial charge in [0.15, 0.2) is 0 Å². The van der Waals surface area contributed by atoms with Gasteiger partial charge in [-0.25, -0.2) is 0 Å². The molecule has 0 aliphatic carbocycles. The zero-order chi connectivity index (χ0) is 13.9. The molecule has 0 amide bonds. The second-order valence-corrected chi connectivity index (χ2v) is 4.90. The lowest BCUT2D eigenvalue weighted by molar-refractivity contribution is 1.12. The van der Waals surface area contributed by atoms with Crippen molar-refractivity contribution in [1.82, 2.24) is 4.98 Å². The molecule has 1 aromatic heterocycles. The molecule has 0 bridgehead atoms. The number of pyridine rings is 1. The zero-order valence-electron chi connectivity index (χ0n) is 11.4. The minimum atomic E-state index is 0.771. The third-order valence-electron chi connectivity index (χ3n) is 3.59. The monoisotopic (exact) mass is 263 g/mol.